The smallest absolute Gasteiger partial charge is 0.217 e. The van der Waals surface area contributed by atoms with E-state index in [1.165, 1.54) is 0 Å². The fraction of sp³-hybridized carbons (Fsp3) is 0.611. The highest BCUT2D eigenvalue weighted by molar-refractivity contribution is 7.91. The van der Waals surface area contributed by atoms with E-state index in [-0.39, 0.29) is 18.1 Å². The normalized spacial score (nSPS) is 22.1. The molecule has 1 aliphatic carbocycles. The Kier molecular flexibility index (Phi) is 5.18. The zero-order valence-electron chi connectivity index (χ0n) is 14.3. The number of rotatable bonds is 6. The summed E-state index contributed by atoms with van der Waals surface area (Å²) in [6, 6.07) is 8.42. The Morgan fingerprint density at radius 2 is 1.64 bits per heavy atom. The largest absolute Gasteiger partial charge is 0.370 e. The van der Waals surface area contributed by atoms with Crippen molar-refractivity contribution in [3.8, 4) is 0 Å². The Morgan fingerprint density at radius 1 is 1.04 bits per heavy atom. The van der Waals surface area contributed by atoms with Crippen LogP contribution in [0.15, 0.2) is 35.2 Å². The van der Waals surface area contributed by atoms with Gasteiger partial charge in [-0.05, 0) is 36.8 Å². The predicted octanol–water partition coefficient (Wildman–Crippen LogP) is 2.03. The third-order valence-electron chi connectivity index (χ3n) is 5.44. The number of carbonyl (C=O) groups excluding carboxylic acids is 1. The Labute approximate surface area is 148 Å². The zero-order valence-corrected chi connectivity index (χ0v) is 15.1. The van der Waals surface area contributed by atoms with Crippen molar-refractivity contribution in [2.45, 2.75) is 49.2 Å². The summed E-state index contributed by atoms with van der Waals surface area (Å²) in [7, 11) is -3.38. The molecule has 3 rings (SSSR count). The first-order chi connectivity index (χ1) is 11.9. The van der Waals surface area contributed by atoms with Crippen LogP contribution in [0.2, 0.25) is 0 Å². The van der Waals surface area contributed by atoms with Crippen molar-refractivity contribution >= 4 is 15.7 Å². The summed E-state index contributed by atoms with van der Waals surface area (Å²) in [6.45, 7) is 1.18. The molecular formula is C18H25NO5S. The molecular weight excluding hydrogens is 342 g/mol. The molecule has 1 spiro atoms. The Balaban J connectivity index is 1.70. The lowest BCUT2D eigenvalue weighted by Crippen LogP contribution is -2.42. The number of ether oxygens (including phenoxy) is 2. The lowest BCUT2D eigenvalue weighted by atomic mass is 9.68. The van der Waals surface area contributed by atoms with Crippen LogP contribution in [0.1, 0.15) is 38.5 Å². The van der Waals surface area contributed by atoms with Gasteiger partial charge in [-0.25, -0.2) is 8.42 Å². The number of sulfone groups is 1. The summed E-state index contributed by atoms with van der Waals surface area (Å²) < 4.78 is 36.6. The molecule has 1 amide bonds. The highest BCUT2D eigenvalue weighted by atomic mass is 32.2. The van der Waals surface area contributed by atoms with Gasteiger partial charge in [0.15, 0.2) is 15.6 Å². The molecule has 1 aromatic rings. The van der Waals surface area contributed by atoms with E-state index in [4.69, 9.17) is 15.2 Å². The van der Waals surface area contributed by atoms with Gasteiger partial charge < -0.3 is 15.2 Å². The summed E-state index contributed by atoms with van der Waals surface area (Å²) in [5.41, 5.74) is 5.06. The Hall–Kier alpha value is -1.44. The molecule has 7 heteroatoms. The summed E-state index contributed by atoms with van der Waals surface area (Å²) in [5.74, 6) is -0.917. The van der Waals surface area contributed by atoms with Gasteiger partial charge in [0.1, 0.15) is 0 Å². The second-order valence-electron chi connectivity index (χ2n) is 7.13. The van der Waals surface area contributed by atoms with Crippen molar-refractivity contribution < 1.29 is 22.7 Å². The van der Waals surface area contributed by atoms with Crippen molar-refractivity contribution in [2.24, 2.45) is 11.1 Å². The zero-order chi connectivity index (χ0) is 18.0. The Bertz CT molecular complexity index is 700. The standard InChI is InChI=1S/C18H25NO5S/c19-16(20)14-17(6-8-18(9-7-17)23-11-12-24-18)10-13-25(21,22)15-4-2-1-3-5-15/h1-5H,6-14H2,(H2,19,20). The average Bonchev–Trinajstić information content (AvgIpc) is 3.05. The second-order valence-corrected chi connectivity index (χ2v) is 9.24. The molecule has 0 atom stereocenters. The lowest BCUT2D eigenvalue weighted by molar-refractivity contribution is -0.192. The monoisotopic (exact) mass is 367 g/mol. The summed E-state index contributed by atoms with van der Waals surface area (Å²) in [5, 5.41) is 0. The maximum atomic E-state index is 12.6. The molecule has 1 saturated heterocycles. The van der Waals surface area contributed by atoms with E-state index >= 15 is 0 Å². The van der Waals surface area contributed by atoms with Crippen molar-refractivity contribution in [1.82, 2.24) is 0 Å². The minimum absolute atomic E-state index is 0.0129. The van der Waals surface area contributed by atoms with Gasteiger partial charge in [0.2, 0.25) is 5.91 Å². The maximum Gasteiger partial charge on any atom is 0.217 e. The number of primary amides is 1. The summed E-state index contributed by atoms with van der Waals surface area (Å²) >= 11 is 0. The molecule has 0 aromatic heterocycles. The first-order valence-electron chi connectivity index (χ1n) is 8.69. The molecule has 0 bridgehead atoms. The van der Waals surface area contributed by atoms with Crippen LogP contribution in [0.25, 0.3) is 0 Å². The minimum Gasteiger partial charge on any atom is -0.370 e. The SMILES string of the molecule is NC(=O)CC1(CCS(=O)(=O)c2ccccc2)CCC2(CC1)OCCO2. The topological polar surface area (TPSA) is 95.7 Å². The van der Waals surface area contributed by atoms with E-state index in [2.05, 4.69) is 0 Å². The van der Waals surface area contributed by atoms with E-state index in [1.807, 2.05) is 0 Å². The predicted molar refractivity (Wildman–Crippen MR) is 92.5 cm³/mol. The molecule has 2 fully saturated rings. The number of carbonyl (C=O) groups is 1. The van der Waals surface area contributed by atoms with Gasteiger partial charge in [-0.3, -0.25) is 4.79 Å². The molecule has 138 valence electrons. The molecule has 25 heavy (non-hydrogen) atoms. The van der Waals surface area contributed by atoms with Gasteiger partial charge in [0.05, 0.1) is 23.9 Å². The average molecular weight is 367 g/mol. The second kappa shape index (κ2) is 7.05. The highest BCUT2D eigenvalue weighted by Gasteiger charge is 2.47. The minimum atomic E-state index is -3.38. The van der Waals surface area contributed by atoms with Gasteiger partial charge in [-0.1, -0.05) is 18.2 Å². The fourth-order valence-corrected chi connectivity index (χ4v) is 5.44. The number of hydrogen-bond acceptors (Lipinski definition) is 5. The van der Waals surface area contributed by atoms with Crippen molar-refractivity contribution in [3.63, 3.8) is 0 Å². The van der Waals surface area contributed by atoms with Gasteiger partial charge in [0, 0.05) is 19.3 Å². The third-order valence-corrected chi connectivity index (χ3v) is 7.17. The van der Waals surface area contributed by atoms with E-state index < -0.39 is 21.0 Å². The number of amides is 1. The molecule has 1 aliphatic heterocycles. The first-order valence-corrected chi connectivity index (χ1v) is 10.3. The third kappa shape index (κ3) is 4.22. The molecule has 2 aliphatic rings. The molecule has 2 N–H and O–H groups in total. The van der Waals surface area contributed by atoms with E-state index in [1.54, 1.807) is 30.3 Å². The van der Waals surface area contributed by atoms with Crippen LogP contribution in [-0.4, -0.2) is 39.1 Å². The number of benzene rings is 1. The van der Waals surface area contributed by atoms with Crippen LogP contribution in [0.4, 0.5) is 0 Å². The van der Waals surface area contributed by atoms with Crippen molar-refractivity contribution in [3.05, 3.63) is 30.3 Å². The van der Waals surface area contributed by atoms with Crippen LogP contribution >= 0.6 is 0 Å². The number of nitrogens with two attached hydrogens (primary N) is 1. The van der Waals surface area contributed by atoms with Crippen LogP contribution in [0.3, 0.4) is 0 Å². The summed E-state index contributed by atoms with van der Waals surface area (Å²) in [6.07, 6.45) is 3.33. The molecule has 0 radical (unpaired) electrons. The number of hydrogen-bond donors (Lipinski definition) is 1. The van der Waals surface area contributed by atoms with E-state index in [0.717, 1.165) is 0 Å². The van der Waals surface area contributed by atoms with E-state index in [0.29, 0.717) is 50.2 Å². The maximum absolute atomic E-state index is 12.6. The lowest BCUT2D eigenvalue weighted by Gasteiger charge is -2.43. The van der Waals surface area contributed by atoms with Gasteiger partial charge in [-0.15, -0.1) is 0 Å². The molecule has 1 aromatic carbocycles. The van der Waals surface area contributed by atoms with E-state index in [9.17, 15) is 13.2 Å². The first kappa shape index (κ1) is 18.4. The van der Waals surface area contributed by atoms with Gasteiger partial charge >= 0.3 is 0 Å². The van der Waals surface area contributed by atoms with Crippen LogP contribution in [0, 0.1) is 5.41 Å². The fourth-order valence-electron chi connectivity index (χ4n) is 3.93. The molecule has 1 heterocycles. The molecule has 1 saturated carbocycles. The van der Waals surface area contributed by atoms with Gasteiger partial charge in [0.25, 0.3) is 0 Å². The Morgan fingerprint density at radius 3 is 2.20 bits per heavy atom. The van der Waals surface area contributed by atoms with Crippen LogP contribution in [-0.2, 0) is 24.1 Å². The van der Waals surface area contributed by atoms with Gasteiger partial charge in [-0.2, -0.15) is 0 Å². The quantitative estimate of drug-likeness (QED) is 0.830. The molecule has 6 nitrogen and oxygen atoms in total. The van der Waals surface area contributed by atoms with Crippen molar-refractivity contribution in [1.29, 1.82) is 0 Å². The highest BCUT2D eigenvalue weighted by Crippen LogP contribution is 2.48. The van der Waals surface area contributed by atoms with Crippen LogP contribution in [0.5, 0.6) is 0 Å². The van der Waals surface area contributed by atoms with Crippen LogP contribution < -0.4 is 5.73 Å². The van der Waals surface area contributed by atoms with Crippen molar-refractivity contribution in [2.75, 3.05) is 19.0 Å². The summed E-state index contributed by atoms with van der Waals surface area (Å²) in [4.78, 5) is 11.9. The molecule has 0 unspecified atom stereocenters.